The lowest BCUT2D eigenvalue weighted by Crippen LogP contribution is -2.29. The van der Waals surface area contributed by atoms with Gasteiger partial charge in [-0.1, -0.05) is 36.2 Å². The van der Waals surface area contributed by atoms with Crippen LogP contribution in [0.2, 0.25) is 10.0 Å². The molecule has 2 aromatic rings. The molecule has 140 valence electrons. The van der Waals surface area contributed by atoms with E-state index >= 15 is 0 Å². The molecule has 0 saturated carbocycles. The molecule has 3 rings (SSSR count). The van der Waals surface area contributed by atoms with Crippen LogP contribution in [0.3, 0.4) is 0 Å². The molecule has 1 aliphatic heterocycles. The highest BCUT2D eigenvalue weighted by molar-refractivity contribution is 7.91. The summed E-state index contributed by atoms with van der Waals surface area (Å²) >= 11 is 11.9. The highest BCUT2D eigenvalue weighted by Crippen LogP contribution is 2.33. The smallest absolute Gasteiger partial charge is 0.231 e. The summed E-state index contributed by atoms with van der Waals surface area (Å²) in [6.07, 6.45) is 0. The van der Waals surface area contributed by atoms with Crippen molar-refractivity contribution in [2.75, 3.05) is 25.6 Å². The van der Waals surface area contributed by atoms with Crippen molar-refractivity contribution in [3.8, 4) is 11.5 Å². The molecule has 0 spiro atoms. The van der Waals surface area contributed by atoms with Crippen molar-refractivity contribution >= 4 is 33.0 Å². The molecule has 0 unspecified atom stereocenters. The Labute approximate surface area is 163 Å². The van der Waals surface area contributed by atoms with E-state index in [1.807, 2.05) is 30.0 Å². The quantitative estimate of drug-likeness (QED) is 0.683. The Kier molecular flexibility index (Phi) is 5.97. The largest absolute Gasteiger partial charge is 0.454 e. The SMILES string of the molecule is CCN(CCS(=O)(=O)c1cc(Cl)ccc1Cl)Cc1ccc2c(c1)OCO2. The maximum Gasteiger partial charge on any atom is 0.231 e. The third kappa shape index (κ3) is 4.43. The minimum absolute atomic E-state index is 0.0363. The van der Waals surface area contributed by atoms with Crippen molar-refractivity contribution in [3.05, 3.63) is 52.0 Å². The van der Waals surface area contributed by atoms with Gasteiger partial charge in [0.25, 0.3) is 0 Å². The first kappa shape index (κ1) is 19.3. The normalized spacial score (nSPS) is 13.4. The van der Waals surface area contributed by atoms with Gasteiger partial charge in [0.05, 0.1) is 15.7 Å². The standard InChI is InChI=1S/C18H19Cl2NO4S/c1-2-21(11-13-3-6-16-17(9-13)25-12-24-16)7-8-26(22,23)18-10-14(19)4-5-15(18)20/h3-6,9-10H,2,7-8,11-12H2,1H3. The van der Waals surface area contributed by atoms with Gasteiger partial charge >= 0.3 is 0 Å². The summed E-state index contributed by atoms with van der Waals surface area (Å²) in [6.45, 7) is 3.94. The zero-order chi connectivity index (χ0) is 18.7. The molecule has 0 bridgehead atoms. The number of sulfone groups is 1. The number of nitrogens with zero attached hydrogens (tertiary/aromatic N) is 1. The first-order valence-electron chi connectivity index (χ1n) is 8.18. The van der Waals surface area contributed by atoms with Gasteiger partial charge in [0, 0.05) is 18.1 Å². The molecule has 26 heavy (non-hydrogen) atoms. The molecule has 0 amide bonds. The molecule has 0 radical (unpaired) electrons. The van der Waals surface area contributed by atoms with Crippen LogP contribution in [-0.4, -0.2) is 39.0 Å². The third-order valence-corrected chi connectivity index (χ3v) is 6.60. The van der Waals surface area contributed by atoms with E-state index in [4.69, 9.17) is 32.7 Å². The molecule has 0 aromatic heterocycles. The van der Waals surface area contributed by atoms with E-state index in [1.165, 1.54) is 12.1 Å². The van der Waals surface area contributed by atoms with Gasteiger partial charge in [-0.2, -0.15) is 0 Å². The zero-order valence-corrected chi connectivity index (χ0v) is 16.6. The highest BCUT2D eigenvalue weighted by atomic mass is 35.5. The number of benzene rings is 2. The van der Waals surface area contributed by atoms with Gasteiger partial charge in [-0.05, 0) is 42.4 Å². The van der Waals surface area contributed by atoms with Crippen LogP contribution in [0.25, 0.3) is 0 Å². The van der Waals surface area contributed by atoms with Gasteiger partial charge in [0.15, 0.2) is 21.3 Å². The average Bonchev–Trinajstić information content (AvgIpc) is 3.08. The zero-order valence-electron chi connectivity index (χ0n) is 14.2. The Hall–Kier alpha value is -1.47. The number of fused-ring (bicyclic) bond motifs is 1. The van der Waals surface area contributed by atoms with Crippen LogP contribution in [0.15, 0.2) is 41.3 Å². The molecule has 8 heteroatoms. The Balaban J connectivity index is 1.67. The number of ether oxygens (including phenoxy) is 2. The lowest BCUT2D eigenvalue weighted by Gasteiger charge is -2.20. The molecule has 1 heterocycles. The summed E-state index contributed by atoms with van der Waals surface area (Å²) in [4.78, 5) is 2.12. The summed E-state index contributed by atoms with van der Waals surface area (Å²) in [5.41, 5.74) is 1.04. The van der Waals surface area contributed by atoms with Crippen LogP contribution < -0.4 is 9.47 Å². The summed E-state index contributed by atoms with van der Waals surface area (Å²) in [5.74, 6) is 1.41. The molecule has 0 saturated heterocycles. The fraction of sp³-hybridized carbons (Fsp3) is 0.333. The van der Waals surface area contributed by atoms with Crippen LogP contribution in [0.1, 0.15) is 12.5 Å². The summed E-state index contributed by atoms with van der Waals surface area (Å²) < 4.78 is 35.9. The van der Waals surface area contributed by atoms with Crippen LogP contribution in [-0.2, 0) is 16.4 Å². The van der Waals surface area contributed by atoms with Crippen molar-refractivity contribution < 1.29 is 17.9 Å². The molecule has 0 fully saturated rings. The van der Waals surface area contributed by atoms with Crippen molar-refractivity contribution in [3.63, 3.8) is 0 Å². The lowest BCUT2D eigenvalue weighted by atomic mass is 10.2. The second kappa shape index (κ2) is 8.05. The minimum atomic E-state index is -3.52. The Morgan fingerprint density at radius 1 is 1.08 bits per heavy atom. The fourth-order valence-corrected chi connectivity index (χ4v) is 4.82. The molecule has 1 aliphatic rings. The van der Waals surface area contributed by atoms with Crippen molar-refractivity contribution in [2.24, 2.45) is 0 Å². The summed E-state index contributed by atoms with van der Waals surface area (Å²) in [7, 11) is -3.52. The fourth-order valence-electron chi connectivity index (χ4n) is 2.72. The Morgan fingerprint density at radius 3 is 2.62 bits per heavy atom. The van der Waals surface area contributed by atoms with Crippen molar-refractivity contribution in [1.29, 1.82) is 0 Å². The van der Waals surface area contributed by atoms with Gasteiger partial charge in [0.1, 0.15) is 0 Å². The van der Waals surface area contributed by atoms with Crippen LogP contribution >= 0.6 is 23.2 Å². The lowest BCUT2D eigenvalue weighted by molar-refractivity contribution is 0.174. The van der Waals surface area contributed by atoms with E-state index in [1.54, 1.807) is 6.07 Å². The average molecular weight is 416 g/mol. The molecule has 0 N–H and O–H groups in total. The maximum atomic E-state index is 12.6. The van der Waals surface area contributed by atoms with E-state index in [9.17, 15) is 8.42 Å². The van der Waals surface area contributed by atoms with E-state index in [-0.39, 0.29) is 22.5 Å². The van der Waals surface area contributed by atoms with E-state index in [2.05, 4.69) is 0 Å². The second-order valence-corrected chi connectivity index (χ2v) is 8.87. The van der Waals surface area contributed by atoms with E-state index in [0.29, 0.717) is 24.7 Å². The Bertz CT molecular complexity index is 902. The molecular formula is C18H19Cl2NO4S. The van der Waals surface area contributed by atoms with Gasteiger partial charge < -0.3 is 9.47 Å². The molecule has 5 nitrogen and oxygen atoms in total. The summed E-state index contributed by atoms with van der Waals surface area (Å²) in [6, 6.07) is 10.2. The maximum absolute atomic E-state index is 12.6. The number of rotatable bonds is 7. The minimum Gasteiger partial charge on any atom is -0.454 e. The van der Waals surface area contributed by atoms with Gasteiger partial charge in [0.2, 0.25) is 6.79 Å². The van der Waals surface area contributed by atoms with E-state index in [0.717, 1.165) is 17.1 Å². The topological polar surface area (TPSA) is 55.8 Å². The van der Waals surface area contributed by atoms with E-state index < -0.39 is 9.84 Å². The van der Waals surface area contributed by atoms with Crippen LogP contribution in [0.5, 0.6) is 11.5 Å². The third-order valence-electron chi connectivity index (χ3n) is 4.19. The number of halogens is 2. The van der Waals surface area contributed by atoms with Crippen LogP contribution in [0.4, 0.5) is 0 Å². The highest BCUT2D eigenvalue weighted by Gasteiger charge is 2.20. The molecule has 0 aliphatic carbocycles. The molecular weight excluding hydrogens is 397 g/mol. The van der Waals surface area contributed by atoms with Gasteiger partial charge in [-0.25, -0.2) is 8.42 Å². The van der Waals surface area contributed by atoms with Gasteiger partial charge in [-0.15, -0.1) is 0 Å². The predicted molar refractivity (Wildman–Crippen MR) is 102 cm³/mol. The van der Waals surface area contributed by atoms with Crippen LogP contribution in [0, 0.1) is 0 Å². The first-order chi connectivity index (χ1) is 12.4. The van der Waals surface area contributed by atoms with Gasteiger partial charge in [-0.3, -0.25) is 4.90 Å². The second-order valence-electron chi connectivity index (χ2n) is 5.95. The number of hydrogen-bond donors (Lipinski definition) is 0. The molecule has 2 aromatic carbocycles. The number of hydrogen-bond acceptors (Lipinski definition) is 5. The summed E-state index contributed by atoms with van der Waals surface area (Å²) in [5, 5.41) is 0.536. The van der Waals surface area contributed by atoms with Crippen molar-refractivity contribution in [2.45, 2.75) is 18.4 Å². The Morgan fingerprint density at radius 2 is 1.85 bits per heavy atom. The first-order valence-corrected chi connectivity index (χ1v) is 10.6. The molecule has 0 atom stereocenters. The van der Waals surface area contributed by atoms with Crippen molar-refractivity contribution in [1.82, 2.24) is 4.90 Å². The monoisotopic (exact) mass is 415 g/mol. The predicted octanol–water partition coefficient (Wildman–Crippen LogP) is 4.02.